The molecule has 3 rings (SSSR count). The molecule has 1 N–H and O–H groups in total. The second-order valence-electron chi connectivity index (χ2n) is 7.08. The molecule has 2 atom stereocenters. The van der Waals surface area contributed by atoms with Crippen LogP contribution in [0.1, 0.15) is 64.0 Å². The minimum Gasteiger partial charge on any atom is -0.490 e. The molecule has 2 aliphatic rings. The van der Waals surface area contributed by atoms with Crippen molar-refractivity contribution in [3.8, 4) is 5.75 Å². The zero-order chi connectivity index (χ0) is 15.1. The fraction of sp³-hybridized carbons (Fsp3) is 0.579. The Morgan fingerprint density at radius 1 is 1.24 bits per heavy atom. The van der Waals surface area contributed by atoms with Gasteiger partial charge < -0.3 is 9.84 Å². The Morgan fingerprint density at radius 3 is 2.81 bits per heavy atom. The summed E-state index contributed by atoms with van der Waals surface area (Å²) >= 11 is 0. The van der Waals surface area contributed by atoms with Crippen LogP contribution in [0.2, 0.25) is 0 Å². The van der Waals surface area contributed by atoms with E-state index in [2.05, 4.69) is 32.1 Å². The van der Waals surface area contributed by atoms with Crippen LogP contribution in [0.15, 0.2) is 24.3 Å². The van der Waals surface area contributed by atoms with Crippen LogP contribution in [0.5, 0.6) is 5.75 Å². The van der Waals surface area contributed by atoms with Crippen molar-refractivity contribution in [1.29, 1.82) is 0 Å². The summed E-state index contributed by atoms with van der Waals surface area (Å²) in [5, 5.41) is 10.6. The average Bonchev–Trinajstić information content (AvgIpc) is 2.45. The second-order valence-corrected chi connectivity index (χ2v) is 7.08. The molecule has 0 bridgehead atoms. The maximum Gasteiger partial charge on any atom is 0.127 e. The van der Waals surface area contributed by atoms with Gasteiger partial charge in [-0.1, -0.05) is 51.3 Å². The van der Waals surface area contributed by atoms with Gasteiger partial charge in [-0.3, -0.25) is 0 Å². The summed E-state index contributed by atoms with van der Waals surface area (Å²) in [4.78, 5) is 0. The molecule has 0 amide bonds. The van der Waals surface area contributed by atoms with E-state index in [1.807, 2.05) is 13.0 Å². The molecule has 2 nitrogen and oxygen atoms in total. The summed E-state index contributed by atoms with van der Waals surface area (Å²) in [6, 6.07) is 6.34. The molecule has 1 aliphatic heterocycles. The Balaban J connectivity index is 2.03. The minimum atomic E-state index is -0.867. The summed E-state index contributed by atoms with van der Waals surface area (Å²) in [5.41, 5.74) is 2.87. The number of benzene rings is 1. The number of allylic oxidation sites excluding steroid dienone is 1. The van der Waals surface area contributed by atoms with Gasteiger partial charge in [-0.05, 0) is 42.4 Å². The zero-order valence-electron chi connectivity index (χ0n) is 13.4. The van der Waals surface area contributed by atoms with Gasteiger partial charge >= 0.3 is 0 Å². The average molecular weight is 286 g/mol. The molecule has 1 aromatic rings. The Morgan fingerprint density at radius 2 is 2.05 bits per heavy atom. The van der Waals surface area contributed by atoms with Crippen LogP contribution in [0.4, 0.5) is 0 Å². The van der Waals surface area contributed by atoms with Crippen LogP contribution < -0.4 is 4.74 Å². The predicted molar refractivity (Wildman–Crippen MR) is 86.6 cm³/mol. The van der Waals surface area contributed by atoms with Crippen molar-refractivity contribution in [2.75, 3.05) is 6.61 Å². The molecule has 114 valence electrons. The van der Waals surface area contributed by atoms with Crippen molar-refractivity contribution in [1.82, 2.24) is 0 Å². The largest absolute Gasteiger partial charge is 0.490 e. The van der Waals surface area contributed by atoms with E-state index in [0.29, 0.717) is 6.61 Å². The number of unbranched alkanes of at least 4 members (excludes halogenated alkanes) is 2. The first-order valence-corrected chi connectivity index (χ1v) is 8.18. The van der Waals surface area contributed by atoms with E-state index in [0.717, 1.165) is 23.3 Å². The molecule has 0 spiro atoms. The van der Waals surface area contributed by atoms with Gasteiger partial charge in [-0.25, -0.2) is 0 Å². The monoisotopic (exact) mass is 286 g/mol. The topological polar surface area (TPSA) is 29.5 Å². The maximum atomic E-state index is 10.6. The number of hydrogen-bond donors (Lipinski definition) is 1. The van der Waals surface area contributed by atoms with Gasteiger partial charge in [-0.2, -0.15) is 0 Å². The van der Waals surface area contributed by atoms with E-state index in [1.54, 1.807) is 0 Å². The Kier molecular flexibility index (Phi) is 3.61. The molecular formula is C19H26O2. The lowest BCUT2D eigenvalue weighted by Gasteiger charge is -2.42. The highest BCUT2D eigenvalue weighted by molar-refractivity contribution is 5.82. The molecule has 2 heteroatoms. The number of ether oxygens (including phenoxy) is 1. The van der Waals surface area contributed by atoms with Gasteiger partial charge in [0.15, 0.2) is 0 Å². The fourth-order valence-electron chi connectivity index (χ4n) is 3.76. The van der Waals surface area contributed by atoms with Crippen LogP contribution in [-0.2, 0) is 5.41 Å². The standard InChI is InChI=1S/C19H26O2/c1-4-5-6-11-18(2)12-10-15-17-14(18)8-7-9-16(17)21-13-19(15,3)20/h7-10,20H,4-6,11-13H2,1-3H3. The number of aliphatic hydroxyl groups is 1. The molecular weight excluding hydrogens is 260 g/mol. The smallest absolute Gasteiger partial charge is 0.127 e. The molecule has 0 aromatic heterocycles. The van der Waals surface area contributed by atoms with Crippen molar-refractivity contribution in [3.63, 3.8) is 0 Å². The van der Waals surface area contributed by atoms with Crippen molar-refractivity contribution < 1.29 is 9.84 Å². The SMILES string of the molecule is CCCCCC1(C)CC=C2c3c(cccc31)OCC2(C)O. The highest BCUT2D eigenvalue weighted by atomic mass is 16.5. The van der Waals surface area contributed by atoms with Crippen molar-refractivity contribution >= 4 is 5.57 Å². The lowest BCUT2D eigenvalue weighted by Crippen LogP contribution is -2.40. The third kappa shape index (κ3) is 2.40. The molecule has 1 aliphatic carbocycles. The van der Waals surface area contributed by atoms with E-state index < -0.39 is 5.60 Å². The van der Waals surface area contributed by atoms with Gasteiger partial charge in [-0.15, -0.1) is 0 Å². The molecule has 1 aromatic carbocycles. The molecule has 0 saturated carbocycles. The molecule has 0 radical (unpaired) electrons. The predicted octanol–water partition coefficient (Wildman–Crippen LogP) is 4.46. The van der Waals surface area contributed by atoms with E-state index in [9.17, 15) is 5.11 Å². The highest BCUT2D eigenvalue weighted by Crippen LogP contribution is 2.50. The van der Waals surface area contributed by atoms with E-state index in [1.165, 1.54) is 31.2 Å². The quantitative estimate of drug-likeness (QED) is 0.828. The summed E-state index contributed by atoms with van der Waals surface area (Å²) in [5.74, 6) is 0.937. The third-order valence-electron chi connectivity index (χ3n) is 5.12. The second kappa shape index (κ2) is 5.17. The van der Waals surface area contributed by atoms with Gasteiger partial charge in [0.2, 0.25) is 0 Å². The van der Waals surface area contributed by atoms with Crippen LogP contribution >= 0.6 is 0 Å². The van der Waals surface area contributed by atoms with E-state index in [4.69, 9.17) is 4.74 Å². The highest BCUT2D eigenvalue weighted by Gasteiger charge is 2.42. The summed E-state index contributed by atoms with van der Waals surface area (Å²) < 4.78 is 5.81. The van der Waals surface area contributed by atoms with Crippen molar-refractivity contribution in [3.05, 3.63) is 35.4 Å². The first kappa shape index (κ1) is 14.6. The third-order valence-corrected chi connectivity index (χ3v) is 5.12. The first-order chi connectivity index (χ1) is 9.98. The fourth-order valence-corrected chi connectivity index (χ4v) is 3.76. The van der Waals surface area contributed by atoms with Crippen LogP contribution in [0.25, 0.3) is 5.57 Å². The lowest BCUT2D eigenvalue weighted by molar-refractivity contribution is 0.0540. The lowest BCUT2D eigenvalue weighted by atomic mass is 9.66. The van der Waals surface area contributed by atoms with Crippen molar-refractivity contribution in [2.45, 2.75) is 63.9 Å². The van der Waals surface area contributed by atoms with Gasteiger partial charge in [0.05, 0.1) is 0 Å². The Bertz CT molecular complexity index is 571. The van der Waals surface area contributed by atoms with Crippen LogP contribution in [-0.4, -0.2) is 17.3 Å². The van der Waals surface area contributed by atoms with Gasteiger partial charge in [0, 0.05) is 5.56 Å². The van der Waals surface area contributed by atoms with E-state index >= 15 is 0 Å². The molecule has 1 heterocycles. The van der Waals surface area contributed by atoms with Crippen LogP contribution in [0, 0.1) is 0 Å². The zero-order valence-corrected chi connectivity index (χ0v) is 13.4. The minimum absolute atomic E-state index is 0.167. The number of rotatable bonds is 4. The van der Waals surface area contributed by atoms with E-state index in [-0.39, 0.29) is 5.41 Å². The molecule has 2 unspecified atom stereocenters. The first-order valence-electron chi connectivity index (χ1n) is 8.18. The normalized spacial score (nSPS) is 30.4. The van der Waals surface area contributed by atoms with Crippen LogP contribution in [0.3, 0.4) is 0 Å². The Labute approximate surface area is 127 Å². The van der Waals surface area contributed by atoms with Crippen molar-refractivity contribution in [2.24, 2.45) is 0 Å². The molecule has 0 saturated heterocycles. The maximum absolute atomic E-state index is 10.6. The summed E-state index contributed by atoms with van der Waals surface area (Å²) in [7, 11) is 0. The molecule has 0 fully saturated rings. The van der Waals surface area contributed by atoms with Gasteiger partial charge in [0.1, 0.15) is 18.0 Å². The van der Waals surface area contributed by atoms with Gasteiger partial charge in [0.25, 0.3) is 0 Å². The summed E-state index contributed by atoms with van der Waals surface area (Å²) in [6.45, 7) is 6.81. The Hall–Kier alpha value is -1.28. The number of hydrogen-bond acceptors (Lipinski definition) is 2. The molecule has 21 heavy (non-hydrogen) atoms. The summed E-state index contributed by atoms with van der Waals surface area (Å²) in [6.07, 6.45) is 8.26.